The predicted octanol–water partition coefficient (Wildman–Crippen LogP) is 1.62. The molecule has 1 aliphatic rings. The fourth-order valence-corrected chi connectivity index (χ4v) is 2.55. The molecule has 1 fully saturated rings. The van der Waals surface area contributed by atoms with Gasteiger partial charge in [0.25, 0.3) is 5.91 Å². The van der Waals surface area contributed by atoms with Gasteiger partial charge < -0.3 is 4.90 Å². The van der Waals surface area contributed by atoms with Gasteiger partial charge in [-0.2, -0.15) is 0 Å². The molecule has 0 aromatic carbocycles. The molecule has 94 valence electrons. The Labute approximate surface area is 102 Å². The Morgan fingerprint density at radius 3 is 2.71 bits per heavy atom. The molecule has 2 heterocycles. The van der Waals surface area contributed by atoms with Crippen molar-refractivity contribution in [3.8, 4) is 0 Å². The van der Waals surface area contributed by atoms with Crippen molar-refractivity contribution in [1.29, 1.82) is 0 Å². The number of piperidine rings is 1. The van der Waals surface area contributed by atoms with Crippen LogP contribution >= 0.6 is 0 Å². The summed E-state index contributed by atoms with van der Waals surface area (Å²) in [6.45, 7) is 9.09. The minimum Gasteiger partial charge on any atom is -0.333 e. The highest BCUT2D eigenvalue weighted by Crippen LogP contribution is 2.27. The number of amides is 1. The van der Waals surface area contributed by atoms with Crippen molar-refractivity contribution in [2.75, 3.05) is 6.54 Å². The monoisotopic (exact) mass is 236 g/mol. The van der Waals surface area contributed by atoms with E-state index < -0.39 is 0 Å². The second-order valence-electron chi connectivity index (χ2n) is 5.26. The quantitative estimate of drug-likeness (QED) is 0.806. The van der Waals surface area contributed by atoms with Gasteiger partial charge in [-0.3, -0.25) is 9.89 Å². The summed E-state index contributed by atoms with van der Waals surface area (Å²) in [6, 6.07) is 0.262. The molecule has 5 heteroatoms. The van der Waals surface area contributed by atoms with Crippen molar-refractivity contribution in [1.82, 2.24) is 20.1 Å². The van der Waals surface area contributed by atoms with Crippen LogP contribution in [-0.4, -0.2) is 38.6 Å². The summed E-state index contributed by atoms with van der Waals surface area (Å²) >= 11 is 0. The molecule has 0 radical (unpaired) electrons. The number of hydrogen-bond donors (Lipinski definition) is 1. The number of nitrogens with one attached hydrogen (secondary N) is 1. The minimum absolute atomic E-state index is 0.0553. The maximum Gasteiger partial charge on any atom is 0.293 e. The fourth-order valence-electron chi connectivity index (χ4n) is 2.55. The van der Waals surface area contributed by atoms with Crippen LogP contribution in [0, 0.1) is 18.8 Å². The van der Waals surface area contributed by atoms with E-state index in [-0.39, 0.29) is 17.8 Å². The highest BCUT2D eigenvalue weighted by atomic mass is 16.2. The third-order valence-electron chi connectivity index (χ3n) is 3.65. The first-order chi connectivity index (χ1) is 7.99. The van der Waals surface area contributed by atoms with Gasteiger partial charge in [-0.05, 0) is 32.1 Å². The molecule has 1 aliphatic heterocycles. The molecule has 0 aliphatic carbocycles. The van der Waals surface area contributed by atoms with Gasteiger partial charge in [-0.1, -0.05) is 13.8 Å². The predicted molar refractivity (Wildman–Crippen MR) is 64.6 cm³/mol. The van der Waals surface area contributed by atoms with E-state index in [1.54, 1.807) is 6.92 Å². The number of carbonyl (C=O) groups excluding carboxylic acids is 1. The average Bonchev–Trinajstić information content (AvgIpc) is 2.69. The molecule has 0 saturated carbocycles. The third kappa shape index (κ3) is 2.33. The van der Waals surface area contributed by atoms with Crippen molar-refractivity contribution in [3.63, 3.8) is 0 Å². The summed E-state index contributed by atoms with van der Waals surface area (Å²) in [4.78, 5) is 18.3. The Morgan fingerprint density at radius 2 is 2.12 bits per heavy atom. The van der Waals surface area contributed by atoms with Crippen molar-refractivity contribution in [3.05, 3.63) is 11.6 Å². The van der Waals surface area contributed by atoms with E-state index >= 15 is 0 Å². The van der Waals surface area contributed by atoms with Crippen molar-refractivity contribution >= 4 is 5.91 Å². The first-order valence-corrected chi connectivity index (χ1v) is 6.19. The molecular weight excluding hydrogens is 216 g/mol. The number of rotatable bonds is 1. The van der Waals surface area contributed by atoms with E-state index in [1.807, 2.05) is 4.90 Å². The number of hydrogen-bond acceptors (Lipinski definition) is 3. The number of likely N-dealkylation sites (tertiary alicyclic amines) is 1. The van der Waals surface area contributed by atoms with Crippen LogP contribution in [0.5, 0.6) is 0 Å². The van der Waals surface area contributed by atoms with E-state index in [2.05, 4.69) is 36.0 Å². The van der Waals surface area contributed by atoms with E-state index in [1.165, 1.54) is 6.42 Å². The van der Waals surface area contributed by atoms with Crippen molar-refractivity contribution < 1.29 is 4.79 Å². The van der Waals surface area contributed by atoms with Gasteiger partial charge in [0.15, 0.2) is 0 Å². The number of aromatic amines is 1. The van der Waals surface area contributed by atoms with Crippen LogP contribution in [0.4, 0.5) is 0 Å². The van der Waals surface area contributed by atoms with Gasteiger partial charge in [0.05, 0.1) is 0 Å². The SMILES string of the molecule is Cc1nc(C(=O)N2CC(C)CC(C)C2C)n[nH]1. The number of carbonyl (C=O) groups is 1. The van der Waals surface area contributed by atoms with Crippen molar-refractivity contribution in [2.24, 2.45) is 11.8 Å². The molecule has 3 unspecified atom stereocenters. The molecule has 1 aromatic heterocycles. The van der Waals surface area contributed by atoms with E-state index in [9.17, 15) is 4.79 Å². The molecule has 0 bridgehead atoms. The molecule has 5 nitrogen and oxygen atoms in total. The first kappa shape index (κ1) is 12.1. The van der Waals surface area contributed by atoms with Gasteiger partial charge in [-0.15, -0.1) is 5.10 Å². The lowest BCUT2D eigenvalue weighted by Gasteiger charge is -2.40. The van der Waals surface area contributed by atoms with Gasteiger partial charge in [0.2, 0.25) is 5.82 Å². The van der Waals surface area contributed by atoms with E-state index in [0.29, 0.717) is 17.7 Å². The highest BCUT2D eigenvalue weighted by molar-refractivity contribution is 5.90. The standard InChI is InChI=1S/C12H20N4O/c1-7-5-8(2)9(3)16(6-7)12(17)11-13-10(4)14-15-11/h7-9H,5-6H2,1-4H3,(H,13,14,15). The second kappa shape index (κ2) is 4.47. The van der Waals surface area contributed by atoms with Gasteiger partial charge >= 0.3 is 0 Å². The summed E-state index contributed by atoms with van der Waals surface area (Å²) in [5, 5.41) is 6.67. The van der Waals surface area contributed by atoms with Crippen LogP contribution in [0.25, 0.3) is 0 Å². The topological polar surface area (TPSA) is 61.9 Å². The Morgan fingerprint density at radius 1 is 1.41 bits per heavy atom. The smallest absolute Gasteiger partial charge is 0.293 e. The lowest BCUT2D eigenvalue weighted by atomic mass is 9.86. The van der Waals surface area contributed by atoms with Crippen LogP contribution in [0.15, 0.2) is 0 Å². The van der Waals surface area contributed by atoms with Crippen molar-refractivity contribution in [2.45, 2.75) is 40.2 Å². The lowest BCUT2D eigenvalue weighted by molar-refractivity contribution is 0.0444. The van der Waals surface area contributed by atoms with E-state index in [0.717, 1.165) is 6.54 Å². The number of nitrogens with zero attached hydrogens (tertiary/aromatic N) is 3. The Hall–Kier alpha value is -1.39. The molecule has 3 atom stereocenters. The molecule has 1 N–H and O–H groups in total. The Balaban J connectivity index is 2.18. The van der Waals surface area contributed by atoms with Crippen LogP contribution in [0.1, 0.15) is 43.6 Å². The third-order valence-corrected chi connectivity index (χ3v) is 3.65. The molecule has 1 saturated heterocycles. The van der Waals surface area contributed by atoms with Crippen LogP contribution < -0.4 is 0 Å². The first-order valence-electron chi connectivity index (χ1n) is 6.19. The number of aromatic nitrogens is 3. The highest BCUT2D eigenvalue weighted by Gasteiger charge is 2.33. The largest absolute Gasteiger partial charge is 0.333 e. The second-order valence-corrected chi connectivity index (χ2v) is 5.26. The molecule has 17 heavy (non-hydrogen) atoms. The summed E-state index contributed by atoms with van der Waals surface area (Å²) in [6.07, 6.45) is 1.18. The van der Waals surface area contributed by atoms with Crippen LogP contribution in [0.3, 0.4) is 0 Å². The number of H-pyrrole nitrogens is 1. The summed E-state index contributed by atoms with van der Waals surface area (Å²) in [7, 11) is 0. The summed E-state index contributed by atoms with van der Waals surface area (Å²) in [5.74, 6) is 1.99. The molecule has 2 rings (SSSR count). The summed E-state index contributed by atoms with van der Waals surface area (Å²) < 4.78 is 0. The molecular formula is C12H20N4O. The Bertz CT molecular complexity index is 414. The van der Waals surface area contributed by atoms with E-state index in [4.69, 9.17) is 0 Å². The average molecular weight is 236 g/mol. The van der Waals surface area contributed by atoms with Gasteiger partial charge in [-0.25, -0.2) is 4.98 Å². The zero-order valence-corrected chi connectivity index (χ0v) is 10.9. The Kier molecular flexibility index (Phi) is 3.17. The molecule has 1 amide bonds. The maximum atomic E-state index is 12.3. The lowest BCUT2D eigenvalue weighted by Crippen LogP contribution is -2.49. The maximum absolute atomic E-state index is 12.3. The minimum atomic E-state index is -0.0553. The zero-order chi connectivity index (χ0) is 12.6. The molecule has 1 aromatic rings. The molecule has 0 spiro atoms. The fraction of sp³-hybridized carbons (Fsp3) is 0.750. The normalized spacial score (nSPS) is 29.4. The van der Waals surface area contributed by atoms with Gasteiger partial charge in [0.1, 0.15) is 5.82 Å². The number of aryl methyl sites for hydroxylation is 1. The van der Waals surface area contributed by atoms with Gasteiger partial charge in [0, 0.05) is 12.6 Å². The van der Waals surface area contributed by atoms with Crippen LogP contribution in [0.2, 0.25) is 0 Å². The van der Waals surface area contributed by atoms with Crippen LogP contribution in [-0.2, 0) is 0 Å². The summed E-state index contributed by atoms with van der Waals surface area (Å²) in [5.41, 5.74) is 0. The zero-order valence-electron chi connectivity index (χ0n) is 10.9.